The first-order chi connectivity index (χ1) is 21.1. The predicted octanol–water partition coefficient (Wildman–Crippen LogP) is 5.73. The van der Waals surface area contributed by atoms with E-state index in [0.29, 0.717) is 24.0 Å². The molecular weight excluding hydrogens is 564 g/mol. The largest absolute Gasteiger partial charge is 0.508 e. The maximum atomic E-state index is 13.4. The van der Waals surface area contributed by atoms with Gasteiger partial charge in [-0.15, -0.1) is 0 Å². The molecule has 4 atom stereocenters. The van der Waals surface area contributed by atoms with Crippen molar-refractivity contribution in [2.24, 2.45) is 0 Å². The molecule has 0 aliphatic carbocycles. The maximum Gasteiger partial charge on any atom is 0.193 e. The second-order valence-electron chi connectivity index (χ2n) is 10.8. The SMILES string of the molecule is COc1cc(O)c([C@H]2C[C@H](CCc3ccc(O)cc3)O[C@@H](c3ccc(O)cc3)[C@H]2O)c(O)c1C(=O)/C=C/c1ccc(O)cc1. The standard InChI is InChI=1S/C35H34O9/c1-43-30-19-29(40)31(34(42)32(30)28(39)17-7-21-4-12-24(37)13-5-21)27-18-26(16-6-20-2-10-23(36)11-3-20)44-35(33(27)41)22-8-14-25(38)15-9-22/h2-5,7-15,17,19,26-27,33,35-38,40-42H,6,16,18H2,1H3/b17-7+/t26-,27+,33-,35-/m0/s1. The van der Waals surface area contributed by atoms with Gasteiger partial charge in [-0.1, -0.05) is 42.5 Å². The Morgan fingerprint density at radius 1 is 0.886 bits per heavy atom. The smallest absolute Gasteiger partial charge is 0.193 e. The molecule has 1 fully saturated rings. The highest BCUT2D eigenvalue weighted by molar-refractivity contribution is 6.11. The molecule has 228 valence electrons. The summed E-state index contributed by atoms with van der Waals surface area (Å²) in [6.45, 7) is 0. The van der Waals surface area contributed by atoms with Crippen LogP contribution in [0.3, 0.4) is 0 Å². The number of carbonyl (C=O) groups excluding carboxylic acids is 1. The Morgan fingerprint density at radius 2 is 1.48 bits per heavy atom. The summed E-state index contributed by atoms with van der Waals surface area (Å²) in [5.74, 6) is -2.02. The molecule has 44 heavy (non-hydrogen) atoms. The molecule has 6 N–H and O–H groups in total. The van der Waals surface area contributed by atoms with Crippen molar-refractivity contribution < 1.29 is 44.9 Å². The Labute approximate surface area is 254 Å². The van der Waals surface area contributed by atoms with Crippen molar-refractivity contribution in [1.29, 1.82) is 0 Å². The van der Waals surface area contributed by atoms with E-state index in [0.717, 1.165) is 5.56 Å². The Morgan fingerprint density at radius 3 is 2.09 bits per heavy atom. The van der Waals surface area contributed by atoms with Crippen LogP contribution in [0, 0.1) is 0 Å². The Hall–Kier alpha value is -4.99. The number of phenolic OH excluding ortho intramolecular Hbond substituents is 5. The van der Waals surface area contributed by atoms with E-state index < -0.39 is 35.8 Å². The number of benzene rings is 4. The lowest BCUT2D eigenvalue weighted by Crippen LogP contribution is -2.39. The number of hydrogen-bond acceptors (Lipinski definition) is 9. The van der Waals surface area contributed by atoms with Crippen LogP contribution in [0.5, 0.6) is 34.5 Å². The highest BCUT2D eigenvalue weighted by Crippen LogP contribution is 2.50. The maximum absolute atomic E-state index is 13.4. The molecule has 9 nitrogen and oxygen atoms in total. The monoisotopic (exact) mass is 598 g/mol. The lowest BCUT2D eigenvalue weighted by Gasteiger charge is -2.40. The molecular formula is C35H34O9. The van der Waals surface area contributed by atoms with Crippen molar-refractivity contribution in [3.05, 3.63) is 113 Å². The van der Waals surface area contributed by atoms with Gasteiger partial charge in [0.05, 0.1) is 19.3 Å². The molecule has 1 saturated heterocycles. The van der Waals surface area contributed by atoms with E-state index >= 15 is 0 Å². The third-order valence-electron chi connectivity index (χ3n) is 7.93. The van der Waals surface area contributed by atoms with E-state index in [1.807, 2.05) is 12.1 Å². The van der Waals surface area contributed by atoms with E-state index in [1.165, 1.54) is 49.6 Å². The van der Waals surface area contributed by atoms with Crippen molar-refractivity contribution in [2.45, 2.75) is 43.5 Å². The number of ether oxygens (including phenoxy) is 2. The zero-order valence-electron chi connectivity index (χ0n) is 24.0. The van der Waals surface area contributed by atoms with Crippen LogP contribution in [0.1, 0.15) is 57.5 Å². The molecule has 4 aromatic carbocycles. The molecule has 0 aromatic heterocycles. The molecule has 4 aromatic rings. The minimum absolute atomic E-state index is 0.00129. The van der Waals surface area contributed by atoms with Crippen LogP contribution in [0.15, 0.2) is 84.9 Å². The van der Waals surface area contributed by atoms with Crippen LogP contribution in [0.25, 0.3) is 6.08 Å². The zero-order valence-corrected chi connectivity index (χ0v) is 24.0. The van der Waals surface area contributed by atoms with E-state index in [9.17, 15) is 35.4 Å². The number of rotatable bonds is 9. The number of hydrogen-bond donors (Lipinski definition) is 6. The molecule has 1 heterocycles. The third-order valence-corrected chi connectivity index (χ3v) is 7.93. The van der Waals surface area contributed by atoms with Gasteiger partial charge in [0.2, 0.25) is 0 Å². The Balaban J connectivity index is 1.51. The van der Waals surface area contributed by atoms with Crippen LogP contribution < -0.4 is 4.74 Å². The lowest BCUT2D eigenvalue weighted by atomic mass is 9.78. The summed E-state index contributed by atoms with van der Waals surface area (Å²) < 4.78 is 11.7. The van der Waals surface area contributed by atoms with Gasteiger partial charge < -0.3 is 40.1 Å². The number of aliphatic hydroxyl groups is 1. The molecule has 0 amide bonds. The molecule has 1 aliphatic heterocycles. The van der Waals surface area contributed by atoms with E-state index in [2.05, 4.69) is 0 Å². The number of carbonyl (C=O) groups is 1. The fraction of sp³-hybridized carbons (Fsp3) is 0.229. The van der Waals surface area contributed by atoms with Crippen molar-refractivity contribution >= 4 is 11.9 Å². The average molecular weight is 599 g/mol. The molecule has 5 rings (SSSR count). The van der Waals surface area contributed by atoms with Gasteiger partial charge >= 0.3 is 0 Å². The van der Waals surface area contributed by atoms with Gasteiger partial charge in [0.1, 0.15) is 46.2 Å². The fourth-order valence-electron chi connectivity index (χ4n) is 5.63. The summed E-state index contributed by atoms with van der Waals surface area (Å²) in [5.41, 5.74) is 2.04. The fourth-order valence-corrected chi connectivity index (χ4v) is 5.63. The topological polar surface area (TPSA) is 157 Å². The van der Waals surface area contributed by atoms with Crippen LogP contribution in [-0.4, -0.2) is 55.7 Å². The molecule has 0 radical (unpaired) electrons. The van der Waals surface area contributed by atoms with Crippen molar-refractivity contribution in [3.63, 3.8) is 0 Å². The number of allylic oxidation sites excluding steroid dienone is 1. The molecule has 0 spiro atoms. The normalized spacial score (nSPS) is 20.0. The number of aryl methyl sites for hydroxylation is 1. The Bertz CT molecular complexity index is 1630. The summed E-state index contributed by atoms with van der Waals surface area (Å²) in [6.07, 6.45) is 1.60. The van der Waals surface area contributed by atoms with Gasteiger partial charge in [-0.25, -0.2) is 0 Å². The van der Waals surface area contributed by atoms with Crippen molar-refractivity contribution in [2.75, 3.05) is 7.11 Å². The van der Waals surface area contributed by atoms with E-state index in [4.69, 9.17) is 9.47 Å². The van der Waals surface area contributed by atoms with E-state index in [1.54, 1.807) is 36.4 Å². The first-order valence-electron chi connectivity index (χ1n) is 14.2. The van der Waals surface area contributed by atoms with Gasteiger partial charge in [0.15, 0.2) is 5.78 Å². The molecule has 9 heteroatoms. The molecule has 1 aliphatic rings. The minimum Gasteiger partial charge on any atom is -0.508 e. The second-order valence-corrected chi connectivity index (χ2v) is 10.8. The van der Waals surface area contributed by atoms with Crippen molar-refractivity contribution in [1.82, 2.24) is 0 Å². The molecule has 0 unspecified atom stereocenters. The quantitative estimate of drug-likeness (QED) is 0.105. The minimum atomic E-state index is -1.23. The Kier molecular flexibility index (Phi) is 9.08. The lowest BCUT2D eigenvalue weighted by molar-refractivity contribution is -0.133. The van der Waals surface area contributed by atoms with Crippen LogP contribution in [-0.2, 0) is 11.2 Å². The first-order valence-corrected chi connectivity index (χ1v) is 14.2. The molecule has 0 bridgehead atoms. The summed E-state index contributed by atoms with van der Waals surface area (Å²) in [4.78, 5) is 13.4. The summed E-state index contributed by atoms with van der Waals surface area (Å²) in [7, 11) is 1.32. The second kappa shape index (κ2) is 13.1. The summed E-state index contributed by atoms with van der Waals surface area (Å²) in [5, 5.41) is 63.3. The average Bonchev–Trinajstić information content (AvgIpc) is 3.01. The first kappa shape index (κ1) is 30.5. The number of aromatic hydroxyl groups is 5. The summed E-state index contributed by atoms with van der Waals surface area (Å²) >= 11 is 0. The number of phenols is 5. The van der Waals surface area contributed by atoms with Gasteiger partial charge in [-0.05, 0) is 78.4 Å². The number of methoxy groups -OCH3 is 1. The highest BCUT2D eigenvalue weighted by Gasteiger charge is 2.42. The molecule has 0 saturated carbocycles. The van der Waals surface area contributed by atoms with Gasteiger partial charge in [0.25, 0.3) is 0 Å². The zero-order chi connectivity index (χ0) is 31.4. The van der Waals surface area contributed by atoms with E-state index in [-0.39, 0.29) is 46.3 Å². The van der Waals surface area contributed by atoms with Gasteiger partial charge in [-0.3, -0.25) is 4.79 Å². The van der Waals surface area contributed by atoms with Gasteiger partial charge in [-0.2, -0.15) is 0 Å². The third kappa shape index (κ3) is 6.64. The van der Waals surface area contributed by atoms with Crippen LogP contribution in [0.4, 0.5) is 0 Å². The van der Waals surface area contributed by atoms with Crippen LogP contribution in [0.2, 0.25) is 0 Å². The van der Waals surface area contributed by atoms with Gasteiger partial charge in [0, 0.05) is 17.5 Å². The van der Waals surface area contributed by atoms with Crippen LogP contribution >= 0.6 is 0 Å². The summed E-state index contributed by atoms with van der Waals surface area (Å²) in [6, 6.07) is 20.5. The highest BCUT2D eigenvalue weighted by atomic mass is 16.5. The number of aliphatic hydroxyl groups excluding tert-OH is 1. The number of ketones is 1. The van der Waals surface area contributed by atoms with Crippen molar-refractivity contribution in [3.8, 4) is 34.5 Å². The predicted molar refractivity (Wildman–Crippen MR) is 163 cm³/mol.